The van der Waals surface area contributed by atoms with E-state index >= 15 is 0 Å². The minimum absolute atomic E-state index is 0.321. The molecule has 1 rings (SSSR count). The third kappa shape index (κ3) is 5.75. The van der Waals surface area contributed by atoms with E-state index in [4.69, 9.17) is 14.2 Å². The van der Waals surface area contributed by atoms with Crippen molar-refractivity contribution in [3.05, 3.63) is 42.0 Å². The van der Waals surface area contributed by atoms with E-state index in [0.29, 0.717) is 31.1 Å². The zero-order valence-corrected chi connectivity index (χ0v) is 13.8. The summed E-state index contributed by atoms with van der Waals surface area (Å²) in [5.74, 6) is -0.320. The van der Waals surface area contributed by atoms with Crippen LogP contribution in [0.2, 0.25) is 0 Å². The summed E-state index contributed by atoms with van der Waals surface area (Å²) in [4.78, 5) is 23.9. The van der Waals surface area contributed by atoms with Gasteiger partial charge in [0.2, 0.25) is 0 Å². The van der Waals surface area contributed by atoms with Gasteiger partial charge in [-0.25, -0.2) is 4.79 Å². The topological polar surface area (TPSA) is 73.9 Å². The normalized spacial score (nSPS) is 11.4. The lowest BCUT2D eigenvalue weighted by molar-refractivity contribution is -0.128. The van der Waals surface area contributed by atoms with Crippen LogP contribution >= 0.6 is 0 Å². The average Bonchev–Trinajstić information content (AvgIpc) is 2.57. The Bertz CT molecular complexity index is 556. The predicted octanol–water partition coefficient (Wildman–Crippen LogP) is 2.08. The highest BCUT2D eigenvalue weighted by atomic mass is 16.5. The molecule has 0 aromatic heterocycles. The van der Waals surface area contributed by atoms with E-state index in [1.165, 1.54) is 6.92 Å². The fourth-order valence-electron chi connectivity index (χ4n) is 1.83. The van der Waals surface area contributed by atoms with Crippen LogP contribution in [0.1, 0.15) is 29.8 Å². The van der Waals surface area contributed by atoms with Gasteiger partial charge < -0.3 is 19.5 Å². The molecule has 0 radical (unpaired) electrons. The molecule has 0 aliphatic heterocycles. The van der Waals surface area contributed by atoms with Gasteiger partial charge in [-0.3, -0.25) is 4.79 Å². The van der Waals surface area contributed by atoms with E-state index in [1.54, 1.807) is 31.4 Å². The molecule has 0 heterocycles. The zero-order valence-electron chi connectivity index (χ0n) is 13.8. The second kappa shape index (κ2) is 9.63. The molecular formula is C17H23NO5. The first kappa shape index (κ1) is 18.7. The number of rotatable bonds is 9. The molecule has 0 saturated carbocycles. The van der Waals surface area contributed by atoms with Crippen molar-refractivity contribution < 1.29 is 23.8 Å². The number of hydrogen-bond acceptors (Lipinski definition) is 5. The Balaban J connectivity index is 2.78. The van der Waals surface area contributed by atoms with Crippen molar-refractivity contribution in [2.24, 2.45) is 0 Å². The molecule has 0 aliphatic rings. The Labute approximate surface area is 136 Å². The SMILES string of the molecule is C=CCNC(=O)[C@H](C)OC(=O)c1ccc(OC)c(COCC)c1. The number of esters is 1. The Morgan fingerprint density at radius 2 is 2.13 bits per heavy atom. The van der Waals surface area contributed by atoms with Gasteiger partial charge in [0.15, 0.2) is 6.10 Å². The highest BCUT2D eigenvalue weighted by molar-refractivity contribution is 5.92. The van der Waals surface area contributed by atoms with Crippen LogP contribution in [-0.2, 0) is 20.9 Å². The maximum Gasteiger partial charge on any atom is 0.338 e. The summed E-state index contributed by atoms with van der Waals surface area (Å²) in [5.41, 5.74) is 1.08. The van der Waals surface area contributed by atoms with E-state index in [9.17, 15) is 9.59 Å². The van der Waals surface area contributed by atoms with Crippen LogP contribution in [0.4, 0.5) is 0 Å². The average molecular weight is 321 g/mol. The summed E-state index contributed by atoms with van der Waals surface area (Å²) in [6, 6.07) is 4.91. The van der Waals surface area contributed by atoms with Gasteiger partial charge in [-0.1, -0.05) is 6.08 Å². The quantitative estimate of drug-likeness (QED) is 0.557. The van der Waals surface area contributed by atoms with Crippen LogP contribution < -0.4 is 10.1 Å². The van der Waals surface area contributed by atoms with Crippen molar-refractivity contribution in [3.63, 3.8) is 0 Å². The molecule has 0 aliphatic carbocycles. The van der Waals surface area contributed by atoms with Crippen LogP contribution in [0.3, 0.4) is 0 Å². The number of amides is 1. The molecule has 6 nitrogen and oxygen atoms in total. The summed E-state index contributed by atoms with van der Waals surface area (Å²) < 4.78 is 15.8. The minimum atomic E-state index is -0.889. The number of benzene rings is 1. The van der Waals surface area contributed by atoms with Gasteiger partial charge in [0, 0.05) is 18.7 Å². The Morgan fingerprint density at radius 1 is 1.39 bits per heavy atom. The second-order valence-corrected chi connectivity index (χ2v) is 4.75. The van der Waals surface area contributed by atoms with Gasteiger partial charge in [-0.15, -0.1) is 6.58 Å². The minimum Gasteiger partial charge on any atom is -0.496 e. The largest absolute Gasteiger partial charge is 0.496 e. The number of methoxy groups -OCH3 is 1. The van der Waals surface area contributed by atoms with Gasteiger partial charge >= 0.3 is 5.97 Å². The summed E-state index contributed by atoms with van der Waals surface area (Å²) in [7, 11) is 1.55. The molecule has 1 amide bonds. The Kier molecular flexibility index (Phi) is 7.83. The first-order valence-electron chi connectivity index (χ1n) is 7.37. The predicted molar refractivity (Wildman–Crippen MR) is 86.4 cm³/mol. The third-order valence-corrected chi connectivity index (χ3v) is 3.05. The molecule has 1 atom stereocenters. The second-order valence-electron chi connectivity index (χ2n) is 4.75. The summed E-state index contributed by atoms with van der Waals surface area (Å²) in [6.45, 7) is 8.11. The van der Waals surface area contributed by atoms with Gasteiger partial charge in [-0.05, 0) is 32.0 Å². The van der Waals surface area contributed by atoms with Crippen molar-refractivity contribution in [2.75, 3.05) is 20.3 Å². The summed E-state index contributed by atoms with van der Waals surface area (Å²) >= 11 is 0. The van der Waals surface area contributed by atoms with E-state index in [0.717, 1.165) is 5.56 Å². The molecule has 0 unspecified atom stereocenters. The monoisotopic (exact) mass is 321 g/mol. The fraction of sp³-hybridized carbons (Fsp3) is 0.412. The van der Waals surface area contributed by atoms with Crippen LogP contribution in [0.15, 0.2) is 30.9 Å². The number of carbonyl (C=O) groups excluding carboxylic acids is 2. The van der Waals surface area contributed by atoms with Crippen LogP contribution in [-0.4, -0.2) is 38.2 Å². The molecule has 1 aromatic rings. The standard InChI is InChI=1S/C17H23NO5/c1-5-9-18-16(19)12(3)23-17(20)13-7-8-15(21-4)14(10-13)11-22-6-2/h5,7-8,10,12H,1,6,9,11H2,2-4H3,(H,18,19)/t12-/m0/s1. The van der Waals surface area contributed by atoms with E-state index < -0.39 is 12.1 Å². The molecule has 6 heteroatoms. The maximum atomic E-state index is 12.2. The smallest absolute Gasteiger partial charge is 0.338 e. The first-order valence-corrected chi connectivity index (χ1v) is 7.37. The van der Waals surface area contributed by atoms with Crippen molar-refractivity contribution in [1.29, 1.82) is 0 Å². The van der Waals surface area contributed by atoms with E-state index in [2.05, 4.69) is 11.9 Å². The van der Waals surface area contributed by atoms with Crippen LogP contribution in [0, 0.1) is 0 Å². The highest BCUT2D eigenvalue weighted by Crippen LogP contribution is 2.21. The van der Waals surface area contributed by atoms with Gasteiger partial charge in [0.25, 0.3) is 5.91 Å². The number of hydrogen-bond donors (Lipinski definition) is 1. The summed E-state index contributed by atoms with van der Waals surface area (Å²) in [6.07, 6.45) is 0.663. The molecule has 1 aromatic carbocycles. The lowest BCUT2D eigenvalue weighted by Crippen LogP contribution is -2.35. The highest BCUT2D eigenvalue weighted by Gasteiger charge is 2.19. The Morgan fingerprint density at radius 3 is 2.74 bits per heavy atom. The number of ether oxygens (including phenoxy) is 3. The molecule has 0 fully saturated rings. The van der Waals surface area contributed by atoms with Crippen molar-refractivity contribution in [1.82, 2.24) is 5.32 Å². The third-order valence-electron chi connectivity index (χ3n) is 3.05. The molecular weight excluding hydrogens is 298 g/mol. The molecule has 0 bridgehead atoms. The first-order chi connectivity index (χ1) is 11.0. The van der Waals surface area contributed by atoms with Crippen molar-refractivity contribution in [2.45, 2.75) is 26.6 Å². The molecule has 126 valence electrons. The lowest BCUT2D eigenvalue weighted by Gasteiger charge is -2.14. The number of carbonyl (C=O) groups is 2. The fourth-order valence-corrected chi connectivity index (χ4v) is 1.83. The molecule has 0 saturated heterocycles. The van der Waals surface area contributed by atoms with Gasteiger partial charge in [-0.2, -0.15) is 0 Å². The van der Waals surface area contributed by atoms with Gasteiger partial charge in [0.1, 0.15) is 5.75 Å². The lowest BCUT2D eigenvalue weighted by atomic mass is 10.1. The van der Waals surface area contributed by atoms with Crippen LogP contribution in [0.5, 0.6) is 5.75 Å². The van der Waals surface area contributed by atoms with Crippen molar-refractivity contribution in [3.8, 4) is 5.75 Å². The van der Waals surface area contributed by atoms with Crippen molar-refractivity contribution >= 4 is 11.9 Å². The van der Waals surface area contributed by atoms with E-state index in [-0.39, 0.29) is 5.91 Å². The maximum absolute atomic E-state index is 12.2. The Hall–Kier alpha value is -2.34. The molecule has 23 heavy (non-hydrogen) atoms. The number of nitrogens with one attached hydrogen (secondary N) is 1. The molecule has 0 spiro atoms. The van der Waals surface area contributed by atoms with Crippen LogP contribution in [0.25, 0.3) is 0 Å². The van der Waals surface area contributed by atoms with Gasteiger partial charge in [0.05, 0.1) is 19.3 Å². The molecule has 1 N–H and O–H groups in total. The zero-order chi connectivity index (χ0) is 17.2. The van der Waals surface area contributed by atoms with E-state index in [1.807, 2.05) is 6.92 Å². The summed E-state index contributed by atoms with van der Waals surface area (Å²) in [5, 5.41) is 2.57.